The minimum atomic E-state index is -4.64. The molecule has 0 radical (unpaired) electrons. The minimum absolute atomic E-state index is 0.0166. The zero-order valence-corrected chi connectivity index (χ0v) is 18.9. The van der Waals surface area contributed by atoms with Crippen LogP contribution in [-0.4, -0.2) is 51.6 Å². The number of hydrogen-bond acceptors (Lipinski definition) is 7. The van der Waals surface area contributed by atoms with Crippen molar-refractivity contribution >= 4 is 29.7 Å². The molecular formula is C22H23F3N6O4. The Balaban J connectivity index is 1.53. The fraction of sp³-hybridized carbons (Fsp3) is 0.409. The number of alkyl halides is 3. The Morgan fingerprint density at radius 1 is 1.31 bits per heavy atom. The van der Waals surface area contributed by atoms with Gasteiger partial charge in [0.15, 0.2) is 0 Å². The van der Waals surface area contributed by atoms with Crippen LogP contribution in [0.25, 0.3) is 0 Å². The number of nitrogens with zero attached hydrogens (tertiary/aromatic N) is 4. The third-order valence-corrected chi connectivity index (χ3v) is 5.49. The number of amides is 3. The van der Waals surface area contributed by atoms with Gasteiger partial charge in [0.25, 0.3) is 5.91 Å². The molecule has 0 bridgehead atoms. The number of nitrogens with one attached hydrogen (secondary N) is 1. The van der Waals surface area contributed by atoms with Gasteiger partial charge >= 0.3 is 18.2 Å². The van der Waals surface area contributed by atoms with E-state index in [4.69, 9.17) is 10.6 Å². The van der Waals surface area contributed by atoms with Crippen LogP contribution in [0.1, 0.15) is 53.0 Å². The van der Waals surface area contributed by atoms with Gasteiger partial charge in [0, 0.05) is 11.8 Å². The third kappa shape index (κ3) is 5.44. The summed E-state index contributed by atoms with van der Waals surface area (Å²) in [5.74, 6) is -2.19. The number of halogens is 3. The highest BCUT2D eigenvalue weighted by atomic mass is 19.4. The lowest BCUT2D eigenvalue weighted by molar-refractivity contribution is -0.137. The molecule has 3 amide bonds. The zero-order valence-electron chi connectivity index (χ0n) is 18.9. The quantitative estimate of drug-likeness (QED) is 0.614. The average molecular weight is 492 g/mol. The number of rotatable bonds is 5. The molecule has 0 unspecified atom stereocenters. The number of aromatic nitrogens is 2. The third-order valence-electron chi connectivity index (χ3n) is 5.49. The Hall–Kier alpha value is -3.90. The summed E-state index contributed by atoms with van der Waals surface area (Å²) < 4.78 is 39.2. The van der Waals surface area contributed by atoms with Gasteiger partial charge in [-0.2, -0.15) is 23.2 Å². The molecule has 2 aromatic rings. The van der Waals surface area contributed by atoms with E-state index in [9.17, 15) is 27.6 Å². The maximum absolute atomic E-state index is 13.1. The van der Waals surface area contributed by atoms with Crippen molar-refractivity contribution in [1.82, 2.24) is 20.3 Å². The molecule has 2 fully saturated rings. The molecule has 186 valence electrons. The summed E-state index contributed by atoms with van der Waals surface area (Å²) in [6.07, 6.45) is -1.98. The number of hydroxylamine groups is 2. The van der Waals surface area contributed by atoms with E-state index in [1.807, 2.05) is 13.8 Å². The van der Waals surface area contributed by atoms with E-state index in [1.165, 1.54) is 11.0 Å². The number of nitrogens with two attached hydrogens (primary N) is 1. The Bertz CT molecular complexity index is 1180. The summed E-state index contributed by atoms with van der Waals surface area (Å²) in [7, 11) is 0. The van der Waals surface area contributed by atoms with Crippen LogP contribution in [0.15, 0.2) is 30.5 Å². The fourth-order valence-corrected chi connectivity index (χ4v) is 3.52. The SMILES string of the molecule is CC1(C)CN(c2ncc(C(=O)ON(CC3CC3)C(=O)c3cccc(C(F)(F)F)c3)c(N)n2)C(=O)N1. The van der Waals surface area contributed by atoms with E-state index < -0.39 is 35.2 Å². The standard InChI is InChI=1S/C22H23F3N6O4/c1-21(2)11-30(20(34)29-21)19-27-9-15(16(26)28-19)18(33)35-31(10-12-6-7-12)17(32)13-4-3-5-14(8-13)22(23,24)25/h3-5,8-9,12H,6-7,10-11H2,1-2H3,(H,29,34)(H2,26,27,28). The van der Waals surface area contributed by atoms with Gasteiger partial charge in [-0.15, -0.1) is 0 Å². The first-order chi connectivity index (χ1) is 16.3. The molecule has 2 aliphatic rings. The molecule has 1 saturated carbocycles. The Labute approximate surface area is 198 Å². The van der Waals surface area contributed by atoms with E-state index in [0.29, 0.717) is 6.07 Å². The number of hydrogen-bond donors (Lipinski definition) is 2. The van der Waals surface area contributed by atoms with Gasteiger partial charge in [0.2, 0.25) is 5.95 Å². The van der Waals surface area contributed by atoms with Crippen molar-refractivity contribution in [3.8, 4) is 0 Å². The summed E-state index contributed by atoms with van der Waals surface area (Å²) >= 11 is 0. The number of benzene rings is 1. The number of anilines is 2. The monoisotopic (exact) mass is 492 g/mol. The van der Waals surface area contributed by atoms with Crippen molar-refractivity contribution in [3.63, 3.8) is 0 Å². The summed E-state index contributed by atoms with van der Waals surface area (Å²) in [5, 5.41) is 3.49. The van der Waals surface area contributed by atoms with Crippen LogP contribution in [-0.2, 0) is 11.0 Å². The lowest BCUT2D eigenvalue weighted by Crippen LogP contribution is -2.36. The number of carbonyl (C=O) groups is 3. The first kappa shape index (κ1) is 24.2. The number of urea groups is 1. The van der Waals surface area contributed by atoms with Crippen LogP contribution in [0.2, 0.25) is 0 Å². The largest absolute Gasteiger partial charge is 0.416 e. The van der Waals surface area contributed by atoms with Crippen molar-refractivity contribution in [1.29, 1.82) is 0 Å². The molecule has 3 N–H and O–H groups in total. The molecule has 35 heavy (non-hydrogen) atoms. The van der Waals surface area contributed by atoms with Crippen molar-refractivity contribution < 1.29 is 32.4 Å². The maximum atomic E-state index is 13.1. The molecule has 10 nitrogen and oxygen atoms in total. The Morgan fingerprint density at radius 3 is 2.60 bits per heavy atom. The smallest absolute Gasteiger partial charge is 0.383 e. The van der Waals surface area contributed by atoms with Crippen LogP contribution < -0.4 is 16.0 Å². The second-order valence-electron chi connectivity index (χ2n) is 9.14. The summed E-state index contributed by atoms with van der Waals surface area (Å²) in [6.45, 7) is 3.92. The van der Waals surface area contributed by atoms with Crippen LogP contribution in [0.5, 0.6) is 0 Å². The Morgan fingerprint density at radius 2 is 2.03 bits per heavy atom. The first-order valence-corrected chi connectivity index (χ1v) is 10.8. The molecule has 0 atom stereocenters. The maximum Gasteiger partial charge on any atom is 0.416 e. The molecule has 0 spiro atoms. The van der Waals surface area contributed by atoms with Crippen LogP contribution in [0.4, 0.5) is 29.7 Å². The van der Waals surface area contributed by atoms with E-state index in [0.717, 1.165) is 36.2 Å². The molecule has 1 aliphatic heterocycles. The zero-order chi connectivity index (χ0) is 25.5. The lowest BCUT2D eigenvalue weighted by atomic mass is 10.1. The van der Waals surface area contributed by atoms with Crippen LogP contribution in [0, 0.1) is 5.92 Å². The van der Waals surface area contributed by atoms with E-state index in [-0.39, 0.29) is 41.9 Å². The predicted molar refractivity (Wildman–Crippen MR) is 117 cm³/mol. The highest BCUT2D eigenvalue weighted by Gasteiger charge is 2.38. The summed E-state index contributed by atoms with van der Waals surface area (Å²) in [6, 6.07) is 3.43. The summed E-state index contributed by atoms with van der Waals surface area (Å²) in [5.41, 5.74) is 3.86. The molecule has 1 saturated heterocycles. The van der Waals surface area contributed by atoms with Crippen molar-refractivity contribution in [2.75, 3.05) is 23.7 Å². The molecule has 1 aliphatic carbocycles. The van der Waals surface area contributed by atoms with Crippen molar-refractivity contribution in [2.24, 2.45) is 5.92 Å². The average Bonchev–Trinajstić information content (AvgIpc) is 3.54. The lowest BCUT2D eigenvalue weighted by Gasteiger charge is -2.22. The first-order valence-electron chi connectivity index (χ1n) is 10.8. The van der Waals surface area contributed by atoms with Crippen LogP contribution in [0.3, 0.4) is 0 Å². The van der Waals surface area contributed by atoms with Gasteiger partial charge in [0.05, 0.1) is 24.2 Å². The predicted octanol–water partition coefficient (Wildman–Crippen LogP) is 3.01. The highest BCUT2D eigenvalue weighted by molar-refractivity contribution is 5.98. The molecule has 1 aromatic carbocycles. The fourth-order valence-electron chi connectivity index (χ4n) is 3.52. The van der Waals surface area contributed by atoms with Crippen molar-refractivity contribution in [2.45, 2.75) is 38.4 Å². The number of nitrogen functional groups attached to an aromatic ring is 1. The molecular weight excluding hydrogens is 469 g/mol. The van der Waals surface area contributed by atoms with Gasteiger partial charge < -0.3 is 15.9 Å². The molecule has 1 aromatic heterocycles. The normalized spacial score (nSPS) is 17.2. The van der Waals surface area contributed by atoms with E-state index in [2.05, 4.69) is 15.3 Å². The second-order valence-corrected chi connectivity index (χ2v) is 9.14. The van der Waals surface area contributed by atoms with Gasteiger partial charge in [-0.05, 0) is 50.8 Å². The molecule has 13 heteroatoms. The van der Waals surface area contributed by atoms with Crippen molar-refractivity contribution in [3.05, 3.63) is 47.2 Å². The van der Waals surface area contributed by atoms with E-state index >= 15 is 0 Å². The van der Waals surface area contributed by atoms with Crippen LogP contribution >= 0.6 is 0 Å². The summed E-state index contributed by atoms with van der Waals surface area (Å²) in [4.78, 5) is 52.4. The van der Waals surface area contributed by atoms with Gasteiger partial charge in [0.1, 0.15) is 11.4 Å². The topological polar surface area (TPSA) is 131 Å². The van der Waals surface area contributed by atoms with Gasteiger partial charge in [-0.3, -0.25) is 9.69 Å². The van der Waals surface area contributed by atoms with Gasteiger partial charge in [-0.25, -0.2) is 14.6 Å². The Kier molecular flexibility index (Phi) is 6.03. The highest BCUT2D eigenvalue weighted by Crippen LogP contribution is 2.32. The number of carbonyl (C=O) groups excluding carboxylic acids is 3. The second kappa shape index (κ2) is 8.71. The minimum Gasteiger partial charge on any atom is -0.383 e. The molecule has 2 heterocycles. The van der Waals surface area contributed by atoms with E-state index in [1.54, 1.807) is 0 Å². The molecule has 4 rings (SSSR count). The van der Waals surface area contributed by atoms with Gasteiger partial charge in [-0.1, -0.05) is 6.07 Å².